The molecular weight excluding hydrogens is 312 g/mol. The van der Waals surface area contributed by atoms with Crippen LogP contribution in [-0.4, -0.2) is 23.1 Å². The maximum absolute atomic E-state index is 12.8. The molecular formula is C20H30N4O. The van der Waals surface area contributed by atoms with E-state index in [1.165, 1.54) is 25.7 Å². The molecule has 0 radical (unpaired) electrons. The lowest BCUT2D eigenvalue weighted by atomic mass is 9.97. The van der Waals surface area contributed by atoms with Crippen LogP contribution in [0.15, 0.2) is 16.9 Å². The van der Waals surface area contributed by atoms with Crippen molar-refractivity contribution >= 4 is 16.9 Å². The van der Waals surface area contributed by atoms with Crippen molar-refractivity contribution in [2.24, 2.45) is 12.5 Å². The van der Waals surface area contributed by atoms with Crippen molar-refractivity contribution in [3.05, 3.63) is 33.6 Å². The third kappa shape index (κ3) is 3.71. The zero-order valence-corrected chi connectivity index (χ0v) is 15.9. The van der Waals surface area contributed by atoms with E-state index in [0.717, 1.165) is 29.6 Å². The molecule has 5 nitrogen and oxygen atoms in total. The van der Waals surface area contributed by atoms with Gasteiger partial charge in [0.05, 0.1) is 10.9 Å². The number of fused-ring (bicyclic) bond motifs is 1. The molecule has 0 saturated heterocycles. The van der Waals surface area contributed by atoms with E-state index >= 15 is 0 Å². The van der Waals surface area contributed by atoms with E-state index in [0.29, 0.717) is 23.3 Å². The monoisotopic (exact) mass is 342 g/mol. The van der Waals surface area contributed by atoms with Gasteiger partial charge < -0.3 is 10.6 Å². The van der Waals surface area contributed by atoms with Crippen LogP contribution in [0.4, 0.5) is 5.95 Å². The van der Waals surface area contributed by atoms with Gasteiger partial charge in [0.2, 0.25) is 5.95 Å². The Labute approximate surface area is 149 Å². The zero-order valence-electron chi connectivity index (χ0n) is 15.9. The first-order valence-electron chi connectivity index (χ1n) is 9.38. The molecule has 1 aliphatic rings. The van der Waals surface area contributed by atoms with Gasteiger partial charge in [-0.15, -0.1) is 0 Å². The van der Waals surface area contributed by atoms with Crippen molar-refractivity contribution < 1.29 is 0 Å². The normalized spacial score (nSPS) is 15.5. The Hall–Kier alpha value is -1.88. The molecule has 0 aliphatic heterocycles. The summed E-state index contributed by atoms with van der Waals surface area (Å²) in [5, 5.41) is 7.29. The maximum Gasteiger partial charge on any atom is 0.262 e. The number of anilines is 1. The molecule has 2 aromatic rings. The van der Waals surface area contributed by atoms with Gasteiger partial charge in [0.1, 0.15) is 0 Å². The van der Waals surface area contributed by atoms with Gasteiger partial charge in [-0.05, 0) is 62.3 Å². The van der Waals surface area contributed by atoms with E-state index in [4.69, 9.17) is 4.98 Å². The minimum Gasteiger partial charge on any atom is -0.356 e. The van der Waals surface area contributed by atoms with Gasteiger partial charge in [-0.1, -0.05) is 19.4 Å². The van der Waals surface area contributed by atoms with Gasteiger partial charge in [-0.2, -0.15) is 0 Å². The number of aryl methyl sites for hydroxylation is 1. The molecule has 0 spiro atoms. The predicted molar refractivity (Wildman–Crippen MR) is 104 cm³/mol. The topological polar surface area (TPSA) is 59.0 Å². The standard InChI is InChI=1S/C20H30N4O/c1-5-6-20(7-8-20)9-10-22-19-23-17-15(13-21-3)11-14(2)12-16(17)18(25)24(19)4/h11-12,21H,5-10,13H2,1-4H3,(H,22,23). The number of nitrogens with one attached hydrogen (secondary N) is 2. The summed E-state index contributed by atoms with van der Waals surface area (Å²) in [5.41, 5.74) is 3.53. The van der Waals surface area contributed by atoms with Gasteiger partial charge in [0.15, 0.2) is 0 Å². The van der Waals surface area contributed by atoms with Gasteiger partial charge in [0.25, 0.3) is 5.56 Å². The molecule has 2 N–H and O–H groups in total. The van der Waals surface area contributed by atoms with Crippen LogP contribution in [0.25, 0.3) is 10.9 Å². The van der Waals surface area contributed by atoms with E-state index in [9.17, 15) is 4.79 Å². The molecule has 0 bridgehead atoms. The Bertz CT molecular complexity index is 821. The van der Waals surface area contributed by atoms with Crippen molar-refractivity contribution in [1.82, 2.24) is 14.9 Å². The van der Waals surface area contributed by atoms with Crippen LogP contribution in [0.1, 0.15) is 50.2 Å². The van der Waals surface area contributed by atoms with Gasteiger partial charge in [-0.25, -0.2) is 4.98 Å². The summed E-state index contributed by atoms with van der Waals surface area (Å²) < 4.78 is 1.64. The summed E-state index contributed by atoms with van der Waals surface area (Å²) in [4.78, 5) is 17.6. The first-order chi connectivity index (χ1) is 12.0. The van der Waals surface area contributed by atoms with Gasteiger partial charge >= 0.3 is 0 Å². The van der Waals surface area contributed by atoms with Crippen molar-refractivity contribution in [2.75, 3.05) is 18.9 Å². The molecule has 1 fully saturated rings. The third-order valence-corrected chi connectivity index (χ3v) is 5.45. The molecule has 1 heterocycles. The Kier molecular flexibility index (Phi) is 5.13. The number of benzene rings is 1. The lowest BCUT2D eigenvalue weighted by molar-refractivity contribution is 0.435. The van der Waals surface area contributed by atoms with Crippen molar-refractivity contribution in [1.29, 1.82) is 0 Å². The van der Waals surface area contributed by atoms with E-state index in [2.05, 4.69) is 23.6 Å². The van der Waals surface area contributed by atoms with Crippen LogP contribution in [0.3, 0.4) is 0 Å². The highest BCUT2D eigenvalue weighted by Crippen LogP contribution is 2.52. The fourth-order valence-corrected chi connectivity index (χ4v) is 3.86. The second-order valence-corrected chi connectivity index (χ2v) is 7.58. The van der Waals surface area contributed by atoms with Gasteiger partial charge in [0, 0.05) is 20.1 Å². The highest BCUT2D eigenvalue weighted by molar-refractivity contribution is 5.83. The predicted octanol–water partition coefficient (Wildman–Crippen LogP) is 3.34. The number of hydrogen-bond acceptors (Lipinski definition) is 4. The summed E-state index contributed by atoms with van der Waals surface area (Å²) in [6.45, 7) is 5.86. The molecule has 1 aliphatic carbocycles. The first-order valence-corrected chi connectivity index (χ1v) is 9.38. The Balaban J connectivity index is 1.88. The van der Waals surface area contributed by atoms with E-state index in [-0.39, 0.29) is 5.56 Å². The Morgan fingerprint density at radius 3 is 2.68 bits per heavy atom. The van der Waals surface area contributed by atoms with Crippen molar-refractivity contribution in [2.45, 2.75) is 52.5 Å². The largest absolute Gasteiger partial charge is 0.356 e. The summed E-state index contributed by atoms with van der Waals surface area (Å²) >= 11 is 0. The highest BCUT2D eigenvalue weighted by Gasteiger charge is 2.40. The minimum absolute atomic E-state index is 0.0169. The molecule has 3 rings (SSSR count). The van der Waals surface area contributed by atoms with Crippen molar-refractivity contribution in [3.8, 4) is 0 Å². The number of aromatic nitrogens is 2. The maximum atomic E-state index is 12.8. The average molecular weight is 342 g/mol. The molecule has 0 amide bonds. The van der Waals surface area contributed by atoms with Crippen LogP contribution in [0, 0.1) is 12.3 Å². The molecule has 1 aromatic carbocycles. The second-order valence-electron chi connectivity index (χ2n) is 7.58. The Morgan fingerprint density at radius 2 is 2.04 bits per heavy atom. The van der Waals surface area contributed by atoms with E-state index in [1.54, 1.807) is 11.6 Å². The lowest BCUT2D eigenvalue weighted by Gasteiger charge is -2.17. The summed E-state index contributed by atoms with van der Waals surface area (Å²) in [7, 11) is 3.72. The summed E-state index contributed by atoms with van der Waals surface area (Å²) in [6.07, 6.45) is 6.41. The first kappa shape index (κ1) is 17.9. The third-order valence-electron chi connectivity index (χ3n) is 5.45. The SMILES string of the molecule is CCCC1(CCNc2nc3c(CNC)cc(C)cc3c(=O)n2C)CC1. The van der Waals surface area contributed by atoms with Crippen LogP contribution in [-0.2, 0) is 13.6 Å². The van der Waals surface area contributed by atoms with Crippen LogP contribution >= 0.6 is 0 Å². The zero-order chi connectivity index (χ0) is 18.0. The average Bonchev–Trinajstić information content (AvgIpc) is 3.33. The molecule has 1 saturated carbocycles. The molecule has 0 atom stereocenters. The quantitative estimate of drug-likeness (QED) is 0.772. The lowest BCUT2D eigenvalue weighted by Crippen LogP contribution is -2.24. The molecule has 1 aromatic heterocycles. The molecule has 136 valence electrons. The van der Waals surface area contributed by atoms with Crippen LogP contribution in [0.5, 0.6) is 0 Å². The smallest absolute Gasteiger partial charge is 0.262 e. The van der Waals surface area contributed by atoms with Crippen LogP contribution < -0.4 is 16.2 Å². The fourth-order valence-electron chi connectivity index (χ4n) is 3.86. The van der Waals surface area contributed by atoms with Gasteiger partial charge in [-0.3, -0.25) is 9.36 Å². The highest BCUT2D eigenvalue weighted by atomic mass is 16.1. The van der Waals surface area contributed by atoms with Crippen LogP contribution in [0.2, 0.25) is 0 Å². The number of rotatable bonds is 8. The molecule has 0 unspecified atom stereocenters. The molecule has 25 heavy (non-hydrogen) atoms. The van der Waals surface area contributed by atoms with Crippen molar-refractivity contribution in [3.63, 3.8) is 0 Å². The number of hydrogen-bond donors (Lipinski definition) is 2. The molecule has 5 heteroatoms. The van der Waals surface area contributed by atoms with E-state index < -0.39 is 0 Å². The minimum atomic E-state index is 0.0169. The number of nitrogens with zero attached hydrogens (tertiary/aromatic N) is 2. The summed E-state index contributed by atoms with van der Waals surface area (Å²) in [5.74, 6) is 0.672. The fraction of sp³-hybridized carbons (Fsp3) is 0.600. The van der Waals surface area contributed by atoms with E-state index in [1.807, 2.05) is 20.0 Å². The Morgan fingerprint density at radius 1 is 1.28 bits per heavy atom. The second kappa shape index (κ2) is 7.16. The summed E-state index contributed by atoms with van der Waals surface area (Å²) in [6, 6.07) is 4.05.